The van der Waals surface area contributed by atoms with Crippen molar-refractivity contribution in [2.45, 2.75) is 18.4 Å². The van der Waals surface area contributed by atoms with Crippen molar-refractivity contribution in [1.82, 2.24) is 0 Å². The Bertz CT molecular complexity index is 599. The van der Waals surface area contributed by atoms with Gasteiger partial charge in [0.2, 0.25) is 11.6 Å². The highest BCUT2D eigenvalue weighted by Crippen LogP contribution is 2.29. The zero-order chi connectivity index (χ0) is 19.7. The Morgan fingerprint density at radius 1 is 1.19 bits per heavy atom. The monoisotopic (exact) mass is 366 g/mol. The standard InChI is InChI=1S/C18H22O8/c1-3-14(20)18(15(21)4-2,11-25-10-9-19)26-17(24)13-8-6-5-7-12(13)16(22)23/h3-4,6,8,12-13,19H,1-2,5,7,9-11H2,(H,22,23). The van der Waals surface area contributed by atoms with Crippen molar-refractivity contribution in [1.29, 1.82) is 0 Å². The molecule has 0 aromatic heterocycles. The summed E-state index contributed by atoms with van der Waals surface area (Å²) >= 11 is 0. The maximum absolute atomic E-state index is 12.6. The Labute approximate surface area is 150 Å². The van der Waals surface area contributed by atoms with E-state index in [2.05, 4.69) is 13.2 Å². The second kappa shape index (κ2) is 9.79. The van der Waals surface area contributed by atoms with Gasteiger partial charge in [-0.25, -0.2) is 0 Å². The van der Waals surface area contributed by atoms with Gasteiger partial charge in [-0.15, -0.1) is 0 Å². The molecule has 2 unspecified atom stereocenters. The average molecular weight is 366 g/mol. The third-order valence-corrected chi connectivity index (χ3v) is 3.99. The van der Waals surface area contributed by atoms with Gasteiger partial charge in [-0.2, -0.15) is 0 Å². The van der Waals surface area contributed by atoms with Gasteiger partial charge in [0.15, 0.2) is 0 Å². The van der Waals surface area contributed by atoms with Crippen molar-refractivity contribution in [2.24, 2.45) is 11.8 Å². The second-order valence-electron chi connectivity index (χ2n) is 5.64. The molecule has 1 rings (SSSR count). The van der Waals surface area contributed by atoms with Crippen LogP contribution in [0.25, 0.3) is 0 Å². The van der Waals surface area contributed by atoms with Gasteiger partial charge >= 0.3 is 11.9 Å². The van der Waals surface area contributed by atoms with E-state index in [1.807, 2.05) is 0 Å². The molecule has 0 amide bonds. The van der Waals surface area contributed by atoms with Crippen LogP contribution in [0.3, 0.4) is 0 Å². The minimum atomic E-state index is -2.36. The van der Waals surface area contributed by atoms with Crippen molar-refractivity contribution < 1.29 is 38.9 Å². The highest BCUT2D eigenvalue weighted by Gasteiger charge is 2.49. The Hall–Kier alpha value is -2.58. The number of esters is 1. The molecule has 0 aromatic carbocycles. The third kappa shape index (κ3) is 4.74. The van der Waals surface area contributed by atoms with E-state index >= 15 is 0 Å². The number of ether oxygens (including phenoxy) is 2. The molecule has 2 N–H and O–H groups in total. The molecule has 0 spiro atoms. The number of aliphatic hydroxyl groups excluding tert-OH is 1. The first-order valence-corrected chi connectivity index (χ1v) is 7.98. The van der Waals surface area contributed by atoms with Crippen LogP contribution in [-0.2, 0) is 28.7 Å². The van der Waals surface area contributed by atoms with Gasteiger partial charge < -0.3 is 19.7 Å². The van der Waals surface area contributed by atoms with E-state index in [0.29, 0.717) is 6.42 Å². The highest BCUT2D eigenvalue weighted by molar-refractivity contribution is 6.19. The van der Waals surface area contributed by atoms with Gasteiger partial charge in [0.05, 0.1) is 25.0 Å². The molecule has 142 valence electrons. The fourth-order valence-electron chi connectivity index (χ4n) is 2.60. The SMILES string of the molecule is C=CC(=O)C(COCCO)(OC(=O)C1C=CCCC1C(=O)O)C(=O)C=C. The van der Waals surface area contributed by atoms with Crippen molar-refractivity contribution in [3.05, 3.63) is 37.5 Å². The quantitative estimate of drug-likeness (QED) is 0.177. The summed E-state index contributed by atoms with van der Waals surface area (Å²) in [5.74, 6) is -6.24. The van der Waals surface area contributed by atoms with Crippen LogP contribution in [0.15, 0.2) is 37.5 Å². The van der Waals surface area contributed by atoms with E-state index in [9.17, 15) is 24.3 Å². The molecule has 0 heterocycles. The predicted molar refractivity (Wildman–Crippen MR) is 90.1 cm³/mol. The first kappa shape index (κ1) is 21.5. The smallest absolute Gasteiger partial charge is 0.315 e. The third-order valence-electron chi connectivity index (χ3n) is 3.99. The van der Waals surface area contributed by atoms with E-state index in [1.165, 1.54) is 6.08 Å². The topological polar surface area (TPSA) is 127 Å². The number of aliphatic hydroxyl groups is 1. The molecule has 26 heavy (non-hydrogen) atoms. The van der Waals surface area contributed by atoms with E-state index in [1.54, 1.807) is 6.08 Å². The molecular weight excluding hydrogens is 344 g/mol. The van der Waals surface area contributed by atoms with E-state index in [0.717, 1.165) is 12.2 Å². The summed E-state index contributed by atoms with van der Waals surface area (Å²) in [6, 6.07) is 0. The summed E-state index contributed by atoms with van der Waals surface area (Å²) in [4.78, 5) is 48.6. The Kier molecular flexibility index (Phi) is 8.08. The van der Waals surface area contributed by atoms with Crippen molar-refractivity contribution in [3.8, 4) is 0 Å². The molecule has 8 heteroatoms. The minimum Gasteiger partial charge on any atom is -0.481 e. The average Bonchev–Trinajstić information content (AvgIpc) is 2.65. The molecular formula is C18H22O8. The Balaban J connectivity index is 3.20. The van der Waals surface area contributed by atoms with E-state index in [-0.39, 0.29) is 19.6 Å². The number of allylic oxidation sites excluding steroid dienone is 1. The minimum absolute atomic E-state index is 0.199. The molecule has 0 aromatic rings. The van der Waals surface area contributed by atoms with Gasteiger partial charge in [0.1, 0.15) is 6.61 Å². The van der Waals surface area contributed by atoms with Crippen LogP contribution in [0.5, 0.6) is 0 Å². The lowest BCUT2D eigenvalue weighted by molar-refractivity contribution is -0.180. The van der Waals surface area contributed by atoms with Crippen LogP contribution in [0.2, 0.25) is 0 Å². The lowest BCUT2D eigenvalue weighted by Gasteiger charge is -2.31. The van der Waals surface area contributed by atoms with Crippen LogP contribution < -0.4 is 0 Å². The van der Waals surface area contributed by atoms with Crippen molar-refractivity contribution in [3.63, 3.8) is 0 Å². The molecule has 8 nitrogen and oxygen atoms in total. The number of hydrogen-bond acceptors (Lipinski definition) is 7. The van der Waals surface area contributed by atoms with Gasteiger partial charge in [-0.05, 0) is 25.0 Å². The van der Waals surface area contributed by atoms with Crippen LogP contribution in [0.1, 0.15) is 12.8 Å². The summed E-state index contributed by atoms with van der Waals surface area (Å²) in [5.41, 5.74) is -2.36. The fraction of sp³-hybridized carbons (Fsp3) is 0.444. The summed E-state index contributed by atoms with van der Waals surface area (Å²) in [6.07, 6.45) is 5.36. The van der Waals surface area contributed by atoms with Crippen LogP contribution in [0, 0.1) is 11.8 Å². The lowest BCUT2D eigenvalue weighted by Crippen LogP contribution is -2.54. The zero-order valence-electron chi connectivity index (χ0n) is 14.3. The van der Waals surface area contributed by atoms with E-state index in [4.69, 9.17) is 14.6 Å². The van der Waals surface area contributed by atoms with Crippen LogP contribution in [-0.4, -0.2) is 59.1 Å². The molecule has 1 aliphatic carbocycles. The van der Waals surface area contributed by atoms with Crippen molar-refractivity contribution >= 4 is 23.5 Å². The predicted octanol–water partition coefficient (Wildman–Crippen LogP) is 0.454. The lowest BCUT2D eigenvalue weighted by atomic mass is 9.83. The molecule has 2 atom stereocenters. The van der Waals surface area contributed by atoms with Gasteiger partial charge in [0.25, 0.3) is 5.60 Å². The summed E-state index contributed by atoms with van der Waals surface area (Å²) in [6.45, 7) is 5.37. The second-order valence-corrected chi connectivity index (χ2v) is 5.64. The molecule has 1 aliphatic rings. The van der Waals surface area contributed by atoms with Gasteiger partial charge in [-0.1, -0.05) is 25.3 Å². The highest BCUT2D eigenvalue weighted by atomic mass is 16.6. The molecule has 0 bridgehead atoms. The number of carbonyl (C=O) groups excluding carboxylic acids is 3. The molecule has 0 saturated carbocycles. The van der Waals surface area contributed by atoms with Crippen LogP contribution in [0.4, 0.5) is 0 Å². The number of hydrogen-bond donors (Lipinski definition) is 2. The Morgan fingerprint density at radius 3 is 2.31 bits per heavy atom. The number of carboxylic acids is 1. The maximum atomic E-state index is 12.6. The Morgan fingerprint density at radius 2 is 1.81 bits per heavy atom. The molecule has 0 aliphatic heterocycles. The number of rotatable bonds is 11. The summed E-state index contributed by atoms with van der Waals surface area (Å²) in [7, 11) is 0. The maximum Gasteiger partial charge on any atom is 0.315 e. The van der Waals surface area contributed by atoms with E-state index < -0.39 is 47.5 Å². The van der Waals surface area contributed by atoms with Crippen LogP contribution >= 0.6 is 0 Å². The molecule has 0 radical (unpaired) electrons. The summed E-state index contributed by atoms with van der Waals surface area (Å²) in [5, 5.41) is 18.1. The normalized spacial score (nSPS) is 19.4. The zero-order valence-corrected chi connectivity index (χ0v) is 14.3. The first-order valence-electron chi connectivity index (χ1n) is 7.98. The first-order chi connectivity index (χ1) is 12.3. The van der Waals surface area contributed by atoms with Gasteiger partial charge in [-0.3, -0.25) is 19.2 Å². The fourth-order valence-corrected chi connectivity index (χ4v) is 2.60. The van der Waals surface area contributed by atoms with Crippen molar-refractivity contribution in [2.75, 3.05) is 19.8 Å². The molecule has 0 fully saturated rings. The summed E-state index contributed by atoms with van der Waals surface area (Å²) < 4.78 is 10.3. The number of aliphatic carboxylic acids is 1. The molecule has 0 saturated heterocycles. The number of ketones is 2. The number of carbonyl (C=O) groups is 4. The van der Waals surface area contributed by atoms with Gasteiger partial charge in [0, 0.05) is 0 Å². The number of carboxylic acid groups (broad SMARTS) is 1. The largest absolute Gasteiger partial charge is 0.481 e.